The molecule has 0 aliphatic rings. The Morgan fingerprint density at radius 1 is 0.221 bits per heavy atom. The molecule has 67 heteroatoms. The van der Waals surface area contributed by atoms with Gasteiger partial charge in [-0.1, -0.05) is 0 Å². The Morgan fingerprint density at radius 2 is 0.324 bits per heavy atom. The van der Waals surface area contributed by atoms with Crippen molar-refractivity contribution in [1.82, 2.24) is 0 Å². The maximum Gasteiger partial charge on any atom is 0.0506 e. The molecule has 0 spiro atoms. The molecule has 0 bridgehead atoms. The summed E-state index contributed by atoms with van der Waals surface area (Å²) in [6.07, 6.45) is -48.1. The molecule has 0 aromatic rings. The van der Waals surface area contributed by atoms with Crippen molar-refractivity contribution in [3.05, 3.63) is 0 Å². The SMILES string of the molecule is [2H]B([B])B([B]C)B(B(B([B])[B])B([B])[B])B(B(B([B])[B])B([B])[B])B(B(B(B([B])[B])B([B])[B])B(B([B])[B])B([B])[B])B(B(B(B([B])[B])B([B])[B])B(B([B])[B])B([B])[B])B(B(B([B])[B])B([B])[B])B(B([B])[B])B([B])[B]. The molecule has 0 nitrogen and oxygen atoms in total. The van der Waals surface area contributed by atoms with Crippen molar-refractivity contribution in [2.75, 3.05) is 0 Å². The minimum Gasteiger partial charge on any atom is -0.101 e. The van der Waals surface area contributed by atoms with Crippen molar-refractivity contribution in [3.63, 3.8) is 0 Å². The summed E-state index contributed by atoms with van der Waals surface area (Å²) < 4.78 is 9.21. The van der Waals surface area contributed by atoms with Gasteiger partial charge in [0.2, 0.25) is 0 Å². The third-order valence-electron chi connectivity index (χ3n) is 14.4. The van der Waals surface area contributed by atoms with E-state index in [1.165, 1.54) is 0 Å². The minimum absolute atomic E-state index is 1.19. The second-order valence-electron chi connectivity index (χ2n) is 19.0. The highest BCUT2D eigenvalue weighted by Gasteiger charge is 2.64. The van der Waals surface area contributed by atoms with Crippen LogP contribution in [0.25, 0.3) is 0 Å². The first-order chi connectivity index (χ1) is 31.4. The van der Waals surface area contributed by atoms with Gasteiger partial charge in [-0.3, -0.25) is 0 Å². The molecule has 0 saturated carbocycles. The van der Waals surface area contributed by atoms with Crippen LogP contribution in [0.3, 0.4) is 0 Å². The van der Waals surface area contributed by atoms with E-state index in [1.807, 2.05) is 0 Å². The lowest BCUT2D eigenvalue weighted by molar-refractivity contribution is 2.36. The molecule has 209 valence electrons. The van der Waals surface area contributed by atoms with Crippen molar-refractivity contribution >= 4 is 474 Å². The van der Waals surface area contributed by atoms with Crippen molar-refractivity contribution < 1.29 is 0 Å². The lowest BCUT2D eigenvalue weighted by atomic mass is 8.21. The van der Waals surface area contributed by atoms with Crippen molar-refractivity contribution in [2.24, 2.45) is 0 Å². The molecule has 0 aromatic carbocycles. The molecule has 0 atom stereocenters. The Balaban J connectivity index is 11.6. The number of rotatable bonds is 33. The van der Waals surface area contributed by atoms with Crippen LogP contribution >= 0.6 is 0 Å². The third-order valence-corrected chi connectivity index (χ3v) is 14.4. The predicted molar refractivity (Wildman–Crippen MR) is 393 cm³/mol. The Morgan fingerprint density at radius 3 is 0.426 bits per heavy atom. The molecule has 0 rings (SSSR count). The second kappa shape index (κ2) is 33.7. The van der Waals surface area contributed by atoms with Crippen LogP contribution in [0.2, 0.25) is 6.82 Å². The van der Waals surface area contributed by atoms with Gasteiger partial charge < -0.3 is 0 Å². The van der Waals surface area contributed by atoms with Gasteiger partial charge in [-0.25, -0.2) is 0 Å². The molecule has 68 heavy (non-hydrogen) atoms. The number of hydrogen-bond donors (Lipinski definition) is 0. The van der Waals surface area contributed by atoms with Gasteiger partial charge in [-0.05, 0) is 1.34 Å². The van der Waals surface area contributed by atoms with Crippen molar-refractivity contribution in [3.8, 4) is 0 Å². The summed E-state index contributed by atoms with van der Waals surface area (Å²) in [5.74, 6) is 0. The van der Waals surface area contributed by atoms with Crippen LogP contribution in [0.5, 0.6) is 0 Å². The van der Waals surface area contributed by atoms with E-state index in [0.717, 1.165) is 0 Å². The first-order valence-electron chi connectivity index (χ1n) is 23.2. The molecule has 67 radical (unpaired) electrons. The van der Waals surface area contributed by atoms with E-state index < -0.39 is 211 Å². The first-order valence-corrected chi connectivity index (χ1v) is 22.6. The van der Waals surface area contributed by atoms with Gasteiger partial charge in [-0.15, -0.1) is 6.82 Å². The summed E-state index contributed by atoms with van der Waals surface area (Å²) in [4.78, 5) is 0. The monoisotopic (exact) mass is 755 g/mol. The molecule has 0 N–H and O–H groups in total. The fourth-order valence-electron chi connectivity index (χ4n) is 12.0. The second-order valence-corrected chi connectivity index (χ2v) is 19.0. The topological polar surface area (TPSA) is 0 Å². The van der Waals surface area contributed by atoms with Gasteiger partial charge in [-0.2, -0.15) is 0 Å². The molecule has 0 heterocycles. The van der Waals surface area contributed by atoms with E-state index in [9.17, 15) is 1.34 Å². The lowest BCUT2D eigenvalue weighted by Gasteiger charge is -2.60. The van der Waals surface area contributed by atoms with Crippen LogP contribution in [-0.2, 0) is 0 Å². The van der Waals surface area contributed by atoms with Gasteiger partial charge in [0.05, 0.1) is 7.17 Å². The van der Waals surface area contributed by atoms with Crippen molar-refractivity contribution in [2.45, 2.75) is 6.82 Å². The maximum atomic E-state index is 9.21. The molecule has 0 aliphatic carbocycles. The van der Waals surface area contributed by atoms with Gasteiger partial charge in [0, 0.05) is 467 Å². The fourth-order valence-corrected chi connectivity index (χ4v) is 12.0. The average molecular weight is 741 g/mol. The Labute approximate surface area is 477 Å². The van der Waals surface area contributed by atoms with Crippen LogP contribution in [0, 0.1) is 0 Å². The summed E-state index contributed by atoms with van der Waals surface area (Å²) in [5.41, 5.74) is 0. The van der Waals surface area contributed by atoms with E-state index in [4.69, 9.17) is 255 Å². The highest BCUT2D eigenvalue weighted by molar-refractivity contribution is 8.39. The Bertz CT molecular complexity index is 1140. The summed E-state index contributed by atoms with van der Waals surface area (Å²) in [6.45, 7) is 1.59. The normalized spacial score (nSPS) is 9.93. The molecule has 0 unspecified atom stereocenters. The van der Waals surface area contributed by atoms with Crippen LogP contribution in [0.1, 0.15) is 0 Å². The van der Waals surface area contributed by atoms with E-state index in [2.05, 4.69) is 0 Å². The van der Waals surface area contributed by atoms with Gasteiger partial charge in [0.1, 0.15) is 0 Å². The fraction of sp³-hybridized carbons (Fsp3) is 1.00. The van der Waals surface area contributed by atoms with Gasteiger partial charge >= 0.3 is 0 Å². The molecule has 0 saturated heterocycles. The zero-order valence-corrected chi connectivity index (χ0v) is 39.7. The van der Waals surface area contributed by atoms with Crippen molar-refractivity contribution in [1.29, 1.82) is 1.34 Å². The summed E-state index contributed by atoms with van der Waals surface area (Å²) in [5, 5.41) is 0. The van der Waals surface area contributed by atoms with E-state index >= 15 is 0 Å². The van der Waals surface area contributed by atoms with Crippen LogP contribution < -0.4 is 0 Å². The first kappa shape index (κ1) is 70.4. The standard InChI is InChI=1S/CH4B67/c1-35-53(36-2)62(54(37(3)4)38(5)6)66(61(51(31)32)52(33)34)68(65(59(47(23)24)48(25)26)60(49(27)28)50(29)30)67(63(55(39(7)8)40(9)10)56(41(11)12)42(13)14)64(57(43(15)16)44(17)18)58(45(19)20)46(21)22/h36H,1H3/i36D. The van der Waals surface area contributed by atoms with Crippen LogP contribution in [0.4, 0.5) is 0 Å². The summed E-state index contributed by atoms with van der Waals surface area (Å²) >= 11 is 0. The molecule has 0 aliphatic heterocycles. The Kier molecular flexibility index (Phi) is 34.9. The maximum absolute atomic E-state index is 9.21. The smallest absolute Gasteiger partial charge is 0.0506 e. The molecule has 0 aromatic heterocycles. The third kappa shape index (κ3) is 19.3. The van der Waals surface area contributed by atoms with Gasteiger partial charge in [0.15, 0.2) is 0 Å². The minimum atomic E-state index is -1.65. The molecular weight excluding hydrogens is 736 g/mol. The highest BCUT2D eigenvalue weighted by atomic mass is 13.4. The summed E-state index contributed by atoms with van der Waals surface area (Å²) in [7, 11) is 222. The summed E-state index contributed by atoms with van der Waals surface area (Å²) in [6, 6.07) is 0. The Hall–Kier alpha value is 4.35. The average Bonchev–Trinajstić information content (AvgIpc) is 3.12. The number of hydrogen-bond acceptors (Lipinski definition) is 0. The zero-order valence-electron chi connectivity index (χ0n) is 40.7. The van der Waals surface area contributed by atoms with Crippen LogP contribution in [0.15, 0.2) is 0 Å². The quantitative estimate of drug-likeness (QED) is 0.0588. The molecule has 0 amide bonds. The van der Waals surface area contributed by atoms with E-state index in [0.29, 0.717) is 0 Å². The predicted octanol–water partition coefficient (Wildman–Crippen LogP) is -25.2. The van der Waals surface area contributed by atoms with Gasteiger partial charge in [0.25, 0.3) is 0 Å². The molecule has 0 fully saturated rings. The van der Waals surface area contributed by atoms with Crippen LogP contribution in [-0.4, -0.2) is 475 Å². The zero-order chi connectivity index (χ0) is 54.8. The molecular formula is CH4B67. The lowest BCUT2D eigenvalue weighted by Crippen LogP contribution is -2.98. The van der Waals surface area contributed by atoms with E-state index in [1.54, 1.807) is 14.0 Å². The largest absolute Gasteiger partial charge is 0.101 e. The highest BCUT2D eigenvalue weighted by Crippen LogP contribution is 2.26. The van der Waals surface area contributed by atoms with E-state index in [-0.39, 0.29) is 0 Å².